The van der Waals surface area contributed by atoms with Crippen LogP contribution in [0, 0.1) is 5.92 Å². The van der Waals surface area contributed by atoms with Crippen LogP contribution in [0.5, 0.6) is 0 Å². The predicted molar refractivity (Wildman–Crippen MR) is 188 cm³/mol. The van der Waals surface area contributed by atoms with Gasteiger partial charge in [0.25, 0.3) is 5.91 Å². The molecule has 2 amide bonds. The van der Waals surface area contributed by atoms with Gasteiger partial charge >= 0.3 is 12.1 Å². The summed E-state index contributed by atoms with van der Waals surface area (Å²) in [4.78, 5) is 39.5. The van der Waals surface area contributed by atoms with E-state index in [1.807, 2.05) is 80.6 Å². The molecule has 49 heavy (non-hydrogen) atoms. The number of nitrogens with one attached hydrogen (secondary N) is 2. The van der Waals surface area contributed by atoms with E-state index < -0.39 is 36.2 Å². The Labute approximate surface area is 294 Å². The van der Waals surface area contributed by atoms with Gasteiger partial charge in [0.05, 0.1) is 32.5 Å². The van der Waals surface area contributed by atoms with Crippen molar-refractivity contribution in [3.05, 3.63) is 95.6 Å². The van der Waals surface area contributed by atoms with Crippen molar-refractivity contribution in [2.45, 2.75) is 50.8 Å². The van der Waals surface area contributed by atoms with Gasteiger partial charge in [0.2, 0.25) is 0 Å². The minimum Gasteiger partial charge on any atom is -0.462 e. The molecule has 266 valence electrons. The molecule has 3 atom stereocenters. The number of esters is 1. The van der Waals surface area contributed by atoms with Crippen molar-refractivity contribution in [3.63, 3.8) is 0 Å². The highest BCUT2D eigenvalue weighted by Gasteiger charge is 2.33. The molecule has 1 aliphatic rings. The highest BCUT2D eigenvalue weighted by molar-refractivity contribution is 5.88. The lowest BCUT2D eigenvalue weighted by Gasteiger charge is -2.26. The number of carbonyl (C=O) groups excluding carboxylic acids is 3. The van der Waals surface area contributed by atoms with E-state index in [9.17, 15) is 19.5 Å². The van der Waals surface area contributed by atoms with Crippen LogP contribution in [0.3, 0.4) is 0 Å². The number of carbonyl (C=O) groups is 3. The maximum atomic E-state index is 13.4. The number of amides is 2. The Hall–Kier alpha value is -4.00. The second-order valence-corrected chi connectivity index (χ2v) is 12.1. The van der Waals surface area contributed by atoms with E-state index in [0.717, 1.165) is 27.8 Å². The Bertz CT molecular complexity index is 1430. The number of alkyl carbamates (subject to hydrolysis) is 1. The molecule has 0 saturated heterocycles. The summed E-state index contributed by atoms with van der Waals surface area (Å²) in [7, 11) is 0. The molecule has 3 aromatic carbocycles. The number of fused-ring (bicyclic) bond motifs is 3. The number of halogens is 1. The molecule has 3 aromatic rings. The first-order valence-electron chi connectivity index (χ1n) is 16.4. The van der Waals surface area contributed by atoms with E-state index in [0.29, 0.717) is 26.4 Å². The number of benzene rings is 3. The fraction of sp³-hybridized carbons (Fsp3) is 0.432. The largest absolute Gasteiger partial charge is 0.462 e. The summed E-state index contributed by atoms with van der Waals surface area (Å²) in [5, 5.41) is 16.6. The number of rotatable bonds is 19. The van der Waals surface area contributed by atoms with Crippen molar-refractivity contribution in [2.24, 2.45) is 11.7 Å². The maximum absolute atomic E-state index is 13.4. The Morgan fingerprint density at radius 1 is 0.776 bits per heavy atom. The molecule has 0 bridgehead atoms. The van der Waals surface area contributed by atoms with Crippen LogP contribution in [0.1, 0.15) is 42.9 Å². The lowest BCUT2D eigenvalue weighted by atomic mass is 9.98. The first-order chi connectivity index (χ1) is 23.3. The molecular formula is C37H48ClN3O8. The molecule has 0 saturated carbocycles. The summed E-state index contributed by atoms with van der Waals surface area (Å²) in [6, 6.07) is 23.2. The average molecular weight is 698 g/mol. The zero-order chi connectivity index (χ0) is 34.3. The van der Waals surface area contributed by atoms with Gasteiger partial charge in [0.15, 0.2) is 6.10 Å². The average Bonchev–Trinajstić information content (AvgIpc) is 3.41. The molecule has 11 nitrogen and oxygen atoms in total. The highest BCUT2D eigenvalue weighted by atomic mass is 35.5. The maximum Gasteiger partial charge on any atom is 0.407 e. The topological polar surface area (TPSA) is 158 Å². The van der Waals surface area contributed by atoms with Crippen LogP contribution in [-0.4, -0.2) is 87.4 Å². The predicted octanol–water partition coefficient (Wildman–Crippen LogP) is 3.99. The highest BCUT2D eigenvalue weighted by Crippen LogP contribution is 2.44. The first kappa shape index (κ1) is 39.4. The van der Waals surface area contributed by atoms with E-state index in [4.69, 9.17) is 24.7 Å². The summed E-state index contributed by atoms with van der Waals surface area (Å²) in [5.74, 6) is -1.57. The van der Waals surface area contributed by atoms with E-state index in [1.165, 1.54) is 0 Å². The molecule has 4 rings (SSSR count). The van der Waals surface area contributed by atoms with E-state index in [1.54, 1.807) is 0 Å². The zero-order valence-corrected chi connectivity index (χ0v) is 28.9. The molecule has 0 unspecified atom stereocenters. The fourth-order valence-electron chi connectivity index (χ4n) is 5.73. The van der Waals surface area contributed by atoms with Gasteiger partial charge in [0.1, 0.15) is 19.3 Å². The van der Waals surface area contributed by atoms with Gasteiger partial charge in [-0.3, -0.25) is 4.79 Å². The van der Waals surface area contributed by atoms with Gasteiger partial charge in [-0.15, -0.1) is 12.4 Å². The minimum atomic E-state index is -1.69. The lowest BCUT2D eigenvalue weighted by molar-refractivity contribution is -0.151. The van der Waals surface area contributed by atoms with Crippen molar-refractivity contribution in [1.82, 2.24) is 10.6 Å². The number of ether oxygens (including phenoxy) is 4. The summed E-state index contributed by atoms with van der Waals surface area (Å²) in [6.45, 7) is 5.61. The smallest absolute Gasteiger partial charge is 0.407 e. The lowest BCUT2D eigenvalue weighted by Crippen LogP contribution is -2.55. The van der Waals surface area contributed by atoms with Gasteiger partial charge in [0, 0.05) is 12.5 Å². The molecule has 1 aliphatic carbocycles. The Morgan fingerprint density at radius 2 is 1.35 bits per heavy atom. The van der Waals surface area contributed by atoms with E-state index in [-0.39, 0.29) is 56.9 Å². The van der Waals surface area contributed by atoms with Gasteiger partial charge in [-0.05, 0) is 46.6 Å². The van der Waals surface area contributed by atoms with Crippen LogP contribution in [0.15, 0.2) is 78.9 Å². The number of hydrogen-bond acceptors (Lipinski definition) is 9. The van der Waals surface area contributed by atoms with Crippen molar-refractivity contribution < 1.29 is 38.4 Å². The quantitative estimate of drug-likeness (QED) is 0.107. The molecule has 0 spiro atoms. The monoisotopic (exact) mass is 697 g/mol. The SMILES string of the molecule is CC(C)C[C@@H](NC(=O)[C@@H](O)[C@@H](Cc1ccccc1)NC(=O)OCC1c2ccccc2-c2ccccc21)C(=O)OCCOCCOCCN.Cl. The molecule has 0 aliphatic heterocycles. The van der Waals surface area contributed by atoms with E-state index in [2.05, 4.69) is 22.8 Å². The van der Waals surface area contributed by atoms with Crippen molar-refractivity contribution in [3.8, 4) is 11.1 Å². The van der Waals surface area contributed by atoms with Crippen molar-refractivity contribution in [2.75, 3.05) is 46.2 Å². The third kappa shape index (κ3) is 11.8. The first-order valence-corrected chi connectivity index (χ1v) is 16.4. The second kappa shape index (κ2) is 20.5. The number of nitrogens with two attached hydrogens (primary N) is 1. The van der Waals surface area contributed by atoms with Crippen molar-refractivity contribution in [1.29, 1.82) is 0 Å². The zero-order valence-electron chi connectivity index (χ0n) is 28.0. The summed E-state index contributed by atoms with van der Waals surface area (Å²) < 4.78 is 21.7. The normalized spacial score (nSPS) is 13.7. The van der Waals surface area contributed by atoms with Gasteiger partial charge in [-0.1, -0.05) is 92.7 Å². The third-order valence-corrected chi connectivity index (χ3v) is 8.01. The Morgan fingerprint density at radius 3 is 1.96 bits per heavy atom. The number of hydrogen-bond donors (Lipinski definition) is 4. The minimum absolute atomic E-state index is 0. The molecule has 12 heteroatoms. The molecular weight excluding hydrogens is 650 g/mol. The fourth-order valence-corrected chi connectivity index (χ4v) is 5.73. The molecule has 0 fully saturated rings. The number of aliphatic hydroxyl groups excluding tert-OH is 1. The van der Waals surface area contributed by atoms with Crippen LogP contribution in [0.25, 0.3) is 11.1 Å². The molecule has 0 radical (unpaired) electrons. The van der Waals surface area contributed by atoms with Crippen LogP contribution >= 0.6 is 12.4 Å². The summed E-state index contributed by atoms with van der Waals surface area (Å²) >= 11 is 0. The molecule has 5 N–H and O–H groups in total. The van der Waals surface area contributed by atoms with Crippen LogP contribution in [0.4, 0.5) is 4.79 Å². The van der Waals surface area contributed by atoms with Gasteiger partial charge < -0.3 is 40.4 Å². The summed E-state index contributed by atoms with van der Waals surface area (Å²) in [5.41, 5.74) is 10.5. The van der Waals surface area contributed by atoms with Crippen LogP contribution in [-0.2, 0) is 35.0 Å². The second-order valence-electron chi connectivity index (χ2n) is 12.1. The van der Waals surface area contributed by atoms with Crippen molar-refractivity contribution >= 4 is 30.4 Å². The van der Waals surface area contributed by atoms with Gasteiger partial charge in [-0.2, -0.15) is 0 Å². The Kier molecular flexibility index (Phi) is 16.5. The van der Waals surface area contributed by atoms with E-state index >= 15 is 0 Å². The van der Waals surface area contributed by atoms with Crippen LogP contribution in [0.2, 0.25) is 0 Å². The standard InChI is InChI=1S/C37H47N3O8.ClH/c1-25(2)22-33(36(43)47-21-20-46-19-18-45-17-16-38)39-35(42)34(41)32(23-26-10-4-3-5-11-26)40-37(44)48-24-31-29-14-8-6-12-27(29)28-13-7-9-15-30(28)31;/h3-15,25,31-34,41H,16-24,38H2,1-2H3,(H,39,42)(H,40,44);1H/t32-,33-,34+;/m1./s1. The van der Waals surface area contributed by atoms with Gasteiger partial charge in [-0.25, -0.2) is 9.59 Å². The third-order valence-electron chi connectivity index (χ3n) is 8.01. The number of aliphatic hydroxyl groups is 1. The summed E-state index contributed by atoms with van der Waals surface area (Å²) in [6.07, 6.45) is -2.03. The molecule has 0 heterocycles. The van der Waals surface area contributed by atoms with Crippen LogP contribution < -0.4 is 16.4 Å². The molecule has 0 aromatic heterocycles. The Balaban J connectivity index is 0.00000650.